The molecule has 0 unspecified atom stereocenters. The highest BCUT2D eigenvalue weighted by Crippen LogP contribution is 2.20. The zero-order valence-electron chi connectivity index (χ0n) is 13.4. The third kappa shape index (κ3) is 3.72. The fourth-order valence-corrected chi connectivity index (χ4v) is 4.22. The van der Waals surface area contributed by atoms with Crippen LogP contribution >= 0.6 is 11.6 Å². The van der Waals surface area contributed by atoms with Crippen LogP contribution < -0.4 is 5.73 Å². The Hall–Kier alpha value is -1.87. The number of nitrogens with zero attached hydrogens (tertiary/aromatic N) is 2. The fourth-order valence-electron chi connectivity index (χ4n) is 2.67. The van der Waals surface area contributed by atoms with Gasteiger partial charge in [-0.2, -0.15) is 4.31 Å². The summed E-state index contributed by atoms with van der Waals surface area (Å²) in [6, 6.07) is 7.66. The lowest BCUT2D eigenvalue weighted by molar-refractivity contribution is 0.0697. The molecule has 1 aliphatic rings. The molecule has 25 heavy (non-hydrogen) atoms. The average molecular weight is 384 g/mol. The Kier molecular flexibility index (Phi) is 5.14. The molecule has 134 valence electrons. The van der Waals surface area contributed by atoms with Gasteiger partial charge in [0.25, 0.3) is 5.91 Å². The number of amides is 1. The van der Waals surface area contributed by atoms with E-state index in [4.69, 9.17) is 21.8 Å². The molecule has 1 fully saturated rings. The van der Waals surface area contributed by atoms with Gasteiger partial charge in [-0.1, -0.05) is 11.6 Å². The second-order valence-corrected chi connectivity index (χ2v) is 8.03. The van der Waals surface area contributed by atoms with E-state index < -0.39 is 10.0 Å². The highest BCUT2D eigenvalue weighted by atomic mass is 35.5. The number of nitrogens with two attached hydrogens (primary N) is 1. The van der Waals surface area contributed by atoms with Crippen molar-refractivity contribution in [2.24, 2.45) is 5.73 Å². The third-order valence-corrected chi connectivity index (χ3v) is 6.24. The van der Waals surface area contributed by atoms with Gasteiger partial charge in [-0.3, -0.25) is 4.79 Å². The van der Waals surface area contributed by atoms with E-state index in [1.807, 2.05) is 0 Å². The Morgan fingerprint density at radius 3 is 2.36 bits per heavy atom. The molecule has 1 aromatic heterocycles. The maximum atomic E-state index is 12.6. The van der Waals surface area contributed by atoms with Gasteiger partial charge in [-0.05, 0) is 30.3 Å². The number of carbonyl (C=O) groups is 1. The van der Waals surface area contributed by atoms with Gasteiger partial charge in [0.2, 0.25) is 10.0 Å². The van der Waals surface area contributed by atoms with Gasteiger partial charge < -0.3 is 15.1 Å². The van der Waals surface area contributed by atoms with Crippen molar-refractivity contribution in [1.82, 2.24) is 9.21 Å². The molecule has 2 aromatic rings. The van der Waals surface area contributed by atoms with E-state index >= 15 is 0 Å². The van der Waals surface area contributed by atoms with E-state index in [1.165, 1.54) is 22.7 Å². The van der Waals surface area contributed by atoms with Crippen LogP contribution in [-0.4, -0.2) is 49.7 Å². The van der Waals surface area contributed by atoms with Crippen LogP contribution in [0.5, 0.6) is 0 Å². The summed E-state index contributed by atoms with van der Waals surface area (Å²) in [4.78, 5) is 14.2. The first-order valence-electron chi connectivity index (χ1n) is 7.74. The Labute approximate surface area is 151 Å². The zero-order valence-corrected chi connectivity index (χ0v) is 15.0. The minimum Gasteiger partial charge on any atom is -0.467 e. The lowest BCUT2D eigenvalue weighted by Gasteiger charge is -2.33. The molecule has 1 amide bonds. The van der Waals surface area contributed by atoms with E-state index in [2.05, 4.69) is 0 Å². The molecule has 0 aliphatic carbocycles. The predicted molar refractivity (Wildman–Crippen MR) is 92.7 cm³/mol. The first-order valence-corrected chi connectivity index (χ1v) is 9.56. The van der Waals surface area contributed by atoms with Crippen LogP contribution in [0.25, 0.3) is 0 Å². The van der Waals surface area contributed by atoms with Gasteiger partial charge in [-0.25, -0.2) is 8.42 Å². The van der Waals surface area contributed by atoms with E-state index in [9.17, 15) is 13.2 Å². The average Bonchev–Trinajstić information content (AvgIpc) is 3.11. The number of halogens is 1. The van der Waals surface area contributed by atoms with Gasteiger partial charge >= 0.3 is 0 Å². The van der Waals surface area contributed by atoms with Crippen LogP contribution in [0.4, 0.5) is 0 Å². The van der Waals surface area contributed by atoms with Crippen LogP contribution in [0.1, 0.15) is 16.1 Å². The van der Waals surface area contributed by atoms with Crippen molar-refractivity contribution in [1.29, 1.82) is 0 Å². The standard InChI is InChI=1S/C16H18ClN3O4S/c17-13-1-3-15(4-2-13)25(22,23)20-7-5-19(6-8-20)16(21)12-9-14(10-18)24-11-12/h1-4,9,11H,5-8,10,18H2. The molecule has 1 aromatic carbocycles. The Bertz CT molecular complexity index is 856. The molecule has 0 saturated carbocycles. The molecular weight excluding hydrogens is 366 g/mol. The van der Waals surface area contributed by atoms with Crippen molar-refractivity contribution in [3.05, 3.63) is 52.9 Å². The van der Waals surface area contributed by atoms with E-state index in [-0.39, 0.29) is 30.4 Å². The summed E-state index contributed by atoms with van der Waals surface area (Å²) >= 11 is 5.80. The quantitative estimate of drug-likeness (QED) is 0.863. The summed E-state index contributed by atoms with van der Waals surface area (Å²) in [5.74, 6) is 0.347. The summed E-state index contributed by atoms with van der Waals surface area (Å²) in [6.07, 6.45) is 1.38. The number of sulfonamides is 1. The number of hydrogen-bond donors (Lipinski definition) is 1. The van der Waals surface area contributed by atoms with Crippen molar-refractivity contribution in [3.8, 4) is 0 Å². The number of hydrogen-bond acceptors (Lipinski definition) is 5. The second kappa shape index (κ2) is 7.17. The van der Waals surface area contributed by atoms with Crippen LogP contribution in [-0.2, 0) is 16.6 Å². The normalized spacial score (nSPS) is 16.2. The lowest BCUT2D eigenvalue weighted by Crippen LogP contribution is -2.50. The minimum absolute atomic E-state index is 0.188. The topological polar surface area (TPSA) is 96.9 Å². The highest BCUT2D eigenvalue weighted by Gasteiger charge is 2.30. The first kappa shape index (κ1) is 17.9. The Balaban J connectivity index is 1.67. The number of benzene rings is 1. The second-order valence-electron chi connectivity index (χ2n) is 5.66. The third-order valence-electron chi connectivity index (χ3n) is 4.08. The smallest absolute Gasteiger partial charge is 0.257 e. The van der Waals surface area contributed by atoms with Crippen LogP contribution in [0.2, 0.25) is 5.02 Å². The van der Waals surface area contributed by atoms with Gasteiger partial charge in [0.15, 0.2) is 0 Å². The molecule has 1 aliphatic heterocycles. The largest absolute Gasteiger partial charge is 0.467 e. The van der Waals surface area contributed by atoms with Gasteiger partial charge in [0.05, 0.1) is 17.0 Å². The Morgan fingerprint density at radius 1 is 1.16 bits per heavy atom. The molecule has 0 radical (unpaired) electrons. The van der Waals surface area contributed by atoms with Gasteiger partial charge in [0, 0.05) is 31.2 Å². The molecule has 0 spiro atoms. The predicted octanol–water partition coefficient (Wildman–Crippen LogP) is 1.54. The van der Waals surface area contributed by atoms with Crippen LogP contribution in [0.3, 0.4) is 0 Å². The summed E-state index contributed by atoms with van der Waals surface area (Å²) < 4.78 is 31.8. The molecular formula is C16H18ClN3O4S. The maximum absolute atomic E-state index is 12.6. The van der Waals surface area contributed by atoms with Crippen LogP contribution in [0.15, 0.2) is 45.9 Å². The number of carbonyl (C=O) groups excluding carboxylic acids is 1. The number of furan rings is 1. The maximum Gasteiger partial charge on any atom is 0.257 e. The highest BCUT2D eigenvalue weighted by molar-refractivity contribution is 7.89. The lowest BCUT2D eigenvalue weighted by atomic mass is 10.2. The van der Waals surface area contributed by atoms with Crippen molar-refractivity contribution < 1.29 is 17.6 Å². The van der Waals surface area contributed by atoms with Gasteiger partial charge in [-0.15, -0.1) is 0 Å². The molecule has 2 heterocycles. The van der Waals surface area contributed by atoms with E-state index in [1.54, 1.807) is 23.1 Å². The van der Waals surface area contributed by atoms with E-state index in [0.717, 1.165) is 0 Å². The zero-order chi connectivity index (χ0) is 18.0. The monoisotopic (exact) mass is 383 g/mol. The molecule has 3 rings (SSSR count). The SMILES string of the molecule is NCc1cc(C(=O)N2CCN(S(=O)(=O)c3ccc(Cl)cc3)CC2)co1. The van der Waals surface area contributed by atoms with E-state index in [0.29, 0.717) is 29.4 Å². The Morgan fingerprint density at radius 2 is 1.80 bits per heavy atom. The minimum atomic E-state index is -3.59. The first-order chi connectivity index (χ1) is 11.9. The van der Waals surface area contributed by atoms with Gasteiger partial charge in [0.1, 0.15) is 12.0 Å². The summed E-state index contributed by atoms with van der Waals surface area (Å²) in [7, 11) is -3.59. The van der Waals surface area contributed by atoms with Crippen molar-refractivity contribution in [2.75, 3.05) is 26.2 Å². The molecule has 1 saturated heterocycles. The molecule has 0 atom stereocenters. The number of rotatable bonds is 4. The molecule has 0 bridgehead atoms. The van der Waals surface area contributed by atoms with Crippen molar-refractivity contribution >= 4 is 27.5 Å². The van der Waals surface area contributed by atoms with Crippen molar-refractivity contribution in [2.45, 2.75) is 11.4 Å². The molecule has 9 heteroatoms. The summed E-state index contributed by atoms with van der Waals surface area (Å²) in [5.41, 5.74) is 5.90. The summed E-state index contributed by atoms with van der Waals surface area (Å²) in [6.45, 7) is 1.32. The molecule has 2 N–H and O–H groups in total. The van der Waals surface area contributed by atoms with Crippen LogP contribution in [0, 0.1) is 0 Å². The fraction of sp³-hybridized carbons (Fsp3) is 0.312. The van der Waals surface area contributed by atoms with Crippen molar-refractivity contribution in [3.63, 3.8) is 0 Å². The molecule has 7 nitrogen and oxygen atoms in total. The number of piperazine rings is 1. The summed E-state index contributed by atoms with van der Waals surface area (Å²) in [5, 5.41) is 0.478.